The first kappa shape index (κ1) is 32.3. The predicted molar refractivity (Wildman–Crippen MR) is 176 cm³/mol. The monoisotopic (exact) mass is 706 g/mol. The van der Waals surface area contributed by atoms with Crippen molar-refractivity contribution in [3.63, 3.8) is 0 Å². The maximum Gasteiger partial charge on any atom is 0.307 e. The number of furan rings is 1. The van der Waals surface area contributed by atoms with E-state index in [2.05, 4.69) is 57.0 Å². The molecule has 3 aromatic carbocycles. The lowest BCUT2D eigenvalue weighted by atomic mass is 10.2. The Bertz CT molecular complexity index is 1880. The van der Waals surface area contributed by atoms with Crippen LogP contribution in [0, 0.1) is 24.0 Å². The van der Waals surface area contributed by atoms with Crippen LogP contribution >= 0.6 is 27.5 Å². The van der Waals surface area contributed by atoms with Crippen LogP contribution in [0.4, 0.5) is 5.69 Å². The molecule has 5 rings (SSSR count). The van der Waals surface area contributed by atoms with Gasteiger partial charge in [0.1, 0.15) is 29.7 Å². The first-order chi connectivity index (χ1) is 22.1. The molecule has 0 spiro atoms. The van der Waals surface area contributed by atoms with Gasteiger partial charge in [0.05, 0.1) is 18.2 Å². The second kappa shape index (κ2) is 14.4. The van der Waals surface area contributed by atoms with Crippen molar-refractivity contribution in [2.24, 2.45) is 5.10 Å². The van der Waals surface area contributed by atoms with Crippen LogP contribution in [0.1, 0.15) is 38.8 Å². The van der Waals surface area contributed by atoms with E-state index in [4.69, 9.17) is 30.2 Å². The minimum atomic E-state index is -0.554. The molecule has 0 saturated carbocycles. The number of nitro groups is 1. The number of non-ortho nitro benzene ring substituents is 1. The summed E-state index contributed by atoms with van der Waals surface area (Å²) in [5.74, 6) is 1.24. The lowest BCUT2D eigenvalue weighted by molar-refractivity contribution is -0.384. The van der Waals surface area contributed by atoms with E-state index in [9.17, 15) is 14.9 Å². The van der Waals surface area contributed by atoms with Gasteiger partial charge in [-0.3, -0.25) is 14.9 Å². The average Bonchev–Trinajstić information content (AvgIpc) is 3.67. The molecular weight excluding hydrogens is 680 g/mol. The second-order valence-electron chi connectivity index (χ2n) is 10.0. The molecule has 11 nitrogen and oxygen atoms in total. The zero-order valence-corrected chi connectivity index (χ0v) is 27.3. The van der Waals surface area contributed by atoms with Gasteiger partial charge in [-0.25, -0.2) is 5.43 Å². The number of nitro benzene ring substituents is 1. The van der Waals surface area contributed by atoms with Gasteiger partial charge in [-0.2, -0.15) is 5.10 Å². The maximum atomic E-state index is 12.7. The highest BCUT2D eigenvalue weighted by atomic mass is 79.9. The maximum absolute atomic E-state index is 12.7. The Labute approximate surface area is 277 Å². The smallest absolute Gasteiger partial charge is 0.307 e. The van der Waals surface area contributed by atoms with Crippen LogP contribution in [0.15, 0.2) is 92.9 Å². The number of amides is 1. The van der Waals surface area contributed by atoms with E-state index >= 15 is 0 Å². The number of halogens is 2. The van der Waals surface area contributed by atoms with Gasteiger partial charge in [-0.1, -0.05) is 11.6 Å². The van der Waals surface area contributed by atoms with E-state index in [-0.39, 0.29) is 35.4 Å². The molecule has 0 saturated heterocycles. The summed E-state index contributed by atoms with van der Waals surface area (Å²) in [7, 11) is 1.46. The quantitative estimate of drug-likeness (QED) is 0.0792. The van der Waals surface area contributed by atoms with Gasteiger partial charge in [-0.15, -0.1) is 0 Å². The summed E-state index contributed by atoms with van der Waals surface area (Å²) >= 11 is 9.99. The van der Waals surface area contributed by atoms with Gasteiger partial charge in [0.2, 0.25) is 0 Å². The molecule has 1 N–H and O–H groups in total. The number of carbonyl (C=O) groups excluding carboxylic acids is 1. The Kier molecular flexibility index (Phi) is 10.1. The number of hydrogen-bond donors (Lipinski definition) is 1. The number of nitrogens with zero attached hydrogens (tertiary/aromatic N) is 3. The summed E-state index contributed by atoms with van der Waals surface area (Å²) in [6.45, 7) is 4.35. The third kappa shape index (κ3) is 7.41. The number of rotatable bonds is 12. The minimum Gasteiger partial charge on any atom is -0.493 e. The predicted octanol–water partition coefficient (Wildman–Crippen LogP) is 7.94. The van der Waals surface area contributed by atoms with Crippen molar-refractivity contribution in [1.29, 1.82) is 0 Å². The third-order valence-corrected chi connectivity index (χ3v) is 8.35. The fraction of sp³-hybridized carbons (Fsp3) is 0.152. The molecule has 0 unspecified atom stereocenters. The van der Waals surface area contributed by atoms with Gasteiger partial charge in [0.15, 0.2) is 17.3 Å². The molecule has 0 aliphatic rings. The first-order valence-corrected chi connectivity index (χ1v) is 15.0. The Morgan fingerprint density at radius 2 is 1.72 bits per heavy atom. The Hall–Kier alpha value is -5.07. The normalized spacial score (nSPS) is 11.1. The molecule has 1 amide bonds. The van der Waals surface area contributed by atoms with Gasteiger partial charge in [0.25, 0.3) is 5.69 Å². The zero-order chi connectivity index (χ0) is 32.8. The highest BCUT2D eigenvalue weighted by Gasteiger charge is 2.18. The highest BCUT2D eigenvalue weighted by Crippen LogP contribution is 2.42. The SMILES string of the molecule is COc1cc(/C=N/NC(=O)c2ccc(COc3ccc(-n4c(C)ccc4C)cc3)o2)c(Br)c(Cl)c1OCc1ccc([N+](=O)[O-])cc1. The Morgan fingerprint density at radius 3 is 2.37 bits per heavy atom. The minimum absolute atomic E-state index is 0.0182. The molecule has 2 heterocycles. The molecule has 5 aromatic rings. The fourth-order valence-electron chi connectivity index (χ4n) is 4.57. The van der Waals surface area contributed by atoms with Crippen LogP contribution in [-0.2, 0) is 13.2 Å². The molecule has 0 bridgehead atoms. The van der Waals surface area contributed by atoms with Crippen molar-refractivity contribution < 1.29 is 28.3 Å². The standard InChI is InChI=1S/C33H28BrClN4O7/c1-20-4-5-21(2)38(20)24-10-12-26(13-11-24)44-19-27-14-15-28(46-27)33(40)37-36-17-23-16-29(43-3)32(31(35)30(23)34)45-18-22-6-8-25(9-7-22)39(41)42/h4-17H,18-19H2,1-3H3,(H,37,40)/b36-17+. The molecule has 2 aromatic heterocycles. The number of carbonyl (C=O) groups is 1. The van der Waals surface area contributed by atoms with E-state index in [1.54, 1.807) is 24.3 Å². The second-order valence-corrected chi connectivity index (χ2v) is 11.2. The number of aryl methyl sites for hydroxylation is 2. The number of methoxy groups -OCH3 is 1. The number of ether oxygens (including phenoxy) is 3. The summed E-state index contributed by atoms with van der Waals surface area (Å²) in [4.78, 5) is 23.1. The molecule has 13 heteroatoms. The molecule has 0 aliphatic carbocycles. The van der Waals surface area contributed by atoms with Gasteiger partial charge >= 0.3 is 5.91 Å². The Morgan fingerprint density at radius 1 is 1.02 bits per heavy atom. The number of aromatic nitrogens is 1. The lowest BCUT2D eigenvalue weighted by Crippen LogP contribution is -2.16. The van der Waals surface area contributed by atoms with Gasteiger partial charge in [-0.05, 0) is 102 Å². The number of nitrogens with one attached hydrogen (secondary N) is 1. The van der Waals surface area contributed by atoms with Crippen molar-refractivity contribution in [3.05, 3.63) is 133 Å². The van der Waals surface area contributed by atoms with E-state index in [1.165, 1.54) is 31.5 Å². The van der Waals surface area contributed by atoms with Crippen LogP contribution in [0.2, 0.25) is 5.02 Å². The summed E-state index contributed by atoms with van der Waals surface area (Å²) in [5.41, 5.74) is 6.96. The summed E-state index contributed by atoms with van der Waals surface area (Å²) in [6.07, 6.45) is 1.39. The number of hydrogen-bond acceptors (Lipinski definition) is 8. The molecule has 0 atom stereocenters. The summed E-state index contributed by atoms with van der Waals surface area (Å²) in [5, 5.41) is 15.1. The van der Waals surface area contributed by atoms with Crippen molar-refractivity contribution in [2.45, 2.75) is 27.1 Å². The Balaban J connectivity index is 1.17. The van der Waals surface area contributed by atoms with Gasteiger partial charge in [0, 0.05) is 39.2 Å². The van der Waals surface area contributed by atoms with Crippen molar-refractivity contribution in [2.75, 3.05) is 7.11 Å². The number of benzene rings is 3. The molecule has 46 heavy (non-hydrogen) atoms. The molecule has 0 radical (unpaired) electrons. The first-order valence-electron chi connectivity index (χ1n) is 13.9. The van der Waals surface area contributed by atoms with Crippen LogP contribution in [0.5, 0.6) is 17.2 Å². The summed E-state index contributed by atoms with van der Waals surface area (Å²) in [6, 6.07) is 22.7. The largest absolute Gasteiger partial charge is 0.493 e. The van der Waals surface area contributed by atoms with E-state index in [0.29, 0.717) is 32.9 Å². The zero-order valence-electron chi connectivity index (χ0n) is 25.0. The number of hydrazone groups is 1. The average molecular weight is 708 g/mol. The van der Waals surface area contributed by atoms with E-state index in [1.807, 2.05) is 24.3 Å². The molecule has 0 fully saturated rings. The van der Waals surface area contributed by atoms with Crippen molar-refractivity contribution >= 4 is 45.3 Å². The third-order valence-electron chi connectivity index (χ3n) is 6.91. The molecular formula is C33H28BrClN4O7. The molecule has 0 aliphatic heterocycles. The highest BCUT2D eigenvalue weighted by molar-refractivity contribution is 9.10. The van der Waals surface area contributed by atoms with Crippen LogP contribution in [-0.4, -0.2) is 28.7 Å². The van der Waals surface area contributed by atoms with Crippen LogP contribution in [0.25, 0.3) is 5.69 Å². The van der Waals surface area contributed by atoms with Crippen LogP contribution in [0.3, 0.4) is 0 Å². The topological polar surface area (TPSA) is 130 Å². The fourth-order valence-corrected chi connectivity index (χ4v) is 5.22. The van der Waals surface area contributed by atoms with E-state index in [0.717, 1.165) is 17.1 Å². The molecule has 236 valence electrons. The lowest BCUT2D eigenvalue weighted by Gasteiger charge is -2.15. The summed E-state index contributed by atoms with van der Waals surface area (Å²) < 4.78 is 25.4. The van der Waals surface area contributed by atoms with Gasteiger partial charge < -0.3 is 23.2 Å². The van der Waals surface area contributed by atoms with Crippen LogP contribution < -0.4 is 19.6 Å². The van der Waals surface area contributed by atoms with E-state index < -0.39 is 10.8 Å². The van der Waals surface area contributed by atoms with Crippen molar-refractivity contribution in [3.8, 4) is 22.9 Å². The van der Waals surface area contributed by atoms with Crippen molar-refractivity contribution in [1.82, 2.24) is 9.99 Å².